The predicted molar refractivity (Wildman–Crippen MR) is 103 cm³/mol. The summed E-state index contributed by atoms with van der Waals surface area (Å²) in [5, 5.41) is 8.91. The van der Waals surface area contributed by atoms with Crippen LogP contribution < -0.4 is 0 Å². The zero-order chi connectivity index (χ0) is 18.4. The highest BCUT2D eigenvalue weighted by molar-refractivity contribution is 8.00. The van der Waals surface area contributed by atoms with Gasteiger partial charge in [0.25, 0.3) is 0 Å². The lowest BCUT2D eigenvalue weighted by molar-refractivity contribution is -0.142. The molecule has 0 spiro atoms. The topological polar surface area (TPSA) is 57.0 Å². The molecule has 0 bridgehead atoms. The van der Waals surface area contributed by atoms with Gasteiger partial charge in [0.2, 0.25) is 0 Å². The van der Waals surface area contributed by atoms with Gasteiger partial charge in [0.05, 0.1) is 6.61 Å². The van der Waals surface area contributed by atoms with Crippen molar-refractivity contribution >= 4 is 17.7 Å². The molecule has 0 saturated carbocycles. The fourth-order valence-electron chi connectivity index (χ4n) is 2.67. The van der Waals surface area contributed by atoms with Gasteiger partial charge in [-0.3, -0.25) is 4.79 Å². The molecule has 0 amide bonds. The lowest BCUT2D eigenvalue weighted by Crippen LogP contribution is -2.14. The maximum absolute atomic E-state index is 12.5. The summed E-state index contributed by atoms with van der Waals surface area (Å²) in [4.78, 5) is 12.5. The van der Waals surface area contributed by atoms with E-state index in [1.807, 2.05) is 79.1 Å². The van der Waals surface area contributed by atoms with Gasteiger partial charge >= 0.3 is 5.97 Å². The molecule has 0 aliphatic carbocycles. The first kappa shape index (κ1) is 18.2. The molecule has 0 aliphatic heterocycles. The number of thioether (sulfide) groups is 1. The maximum Gasteiger partial charge on any atom is 0.324 e. The third-order valence-electron chi connectivity index (χ3n) is 3.89. The van der Waals surface area contributed by atoms with Gasteiger partial charge in [-0.2, -0.15) is 0 Å². The molecule has 2 aromatic carbocycles. The number of rotatable bonds is 7. The number of carbonyl (C=O) groups excluding carboxylic acids is 1. The number of benzene rings is 2. The average molecular weight is 367 g/mol. The van der Waals surface area contributed by atoms with Crippen LogP contribution in [-0.2, 0) is 16.1 Å². The zero-order valence-corrected chi connectivity index (χ0v) is 15.6. The zero-order valence-electron chi connectivity index (χ0n) is 14.8. The first-order valence-electron chi connectivity index (χ1n) is 8.61. The number of hydrogen-bond donors (Lipinski definition) is 0. The van der Waals surface area contributed by atoms with Gasteiger partial charge in [-0.05, 0) is 19.4 Å². The van der Waals surface area contributed by atoms with Gasteiger partial charge in [0.1, 0.15) is 5.25 Å². The lowest BCUT2D eigenvalue weighted by atomic mass is 10.1. The molecule has 0 N–H and O–H groups in total. The van der Waals surface area contributed by atoms with Crippen LogP contribution in [0.1, 0.15) is 24.7 Å². The van der Waals surface area contributed by atoms with Crippen LogP contribution in [0.4, 0.5) is 0 Å². The quantitative estimate of drug-likeness (QED) is 0.459. The fourth-order valence-corrected chi connectivity index (χ4v) is 3.76. The number of nitrogens with zero attached hydrogens (tertiary/aromatic N) is 3. The summed E-state index contributed by atoms with van der Waals surface area (Å²) in [6, 6.07) is 19.6. The molecule has 0 radical (unpaired) electrons. The Hall–Kier alpha value is -2.60. The van der Waals surface area contributed by atoms with Crippen LogP contribution in [0, 0.1) is 0 Å². The van der Waals surface area contributed by atoms with Gasteiger partial charge in [-0.15, -0.1) is 10.2 Å². The van der Waals surface area contributed by atoms with Crippen LogP contribution in [0.2, 0.25) is 0 Å². The first-order valence-corrected chi connectivity index (χ1v) is 9.49. The number of aromatic nitrogens is 3. The molecular formula is C20H21N3O2S. The second kappa shape index (κ2) is 8.67. The third-order valence-corrected chi connectivity index (χ3v) is 5.10. The molecule has 5 nitrogen and oxygen atoms in total. The van der Waals surface area contributed by atoms with Crippen LogP contribution in [0.3, 0.4) is 0 Å². The van der Waals surface area contributed by atoms with Crippen molar-refractivity contribution in [3.05, 3.63) is 66.2 Å². The summed E-state index contributed by atoms with van der Waals surface area (Å²) in [6.45, 7) is 4.91. The highest BCUT2D eigenvalue weighted by Crippen LogP contribution is 2.36. The Morgan fingerprint density at radius 3 is 2.31 bits per heavy atom. The van der Waals surface area contributed by atoms with E-state index in [0.29, 0.717) is 18.3 Å². The molecule has 134 valence electrons. The summed E-state index contributed by atoms with van der Waals surface area (Å²) in [7, 11) is 0. The molecule has 3 aromatic rings. The van der Waals surface area contributed by atoms with E-state index < -0.39 is 5.25 Å². The largest absolute Gasteiger partial charge is 0.465 e. The van der Waals surface area contributed by atoms with E-state index in [1.165, 1.54) is 11.8 Å². The van der Waals surface area contributed by atoms with Crippen molar-refractivity contribution in [1.82, 2.24) is 14.8 Å². The summed E-state index contributed by atoms with van der Waals surface area (Å²) >= 11 is 1.37. The van der Waals surface area contributed by atoms with Crippen LogP contribution >= 0.6 is 11.8 Å². The highest BCUT2D eigenvalue weighted by Gasteiger charge is 2.26. The number of esters is 1. The predicted octanol–water partition coefficient (Wildman–Crippen LogP) is 4.36. The van der Waals surface area contributed by atoms with Crippen molar-refractivity contribution < 1.29 is 9.53 Å². The van der Waals surface area contributed by atoms with Crippen LogP contribution in [0.5, 0.6) is 0 Å². The molecule has 0 aliphatic rings. The van der Waals surface area contributed by atoms with Gasteiger partial charge < -0.3 is 9.30 Å². The first-order chi connectivity index (χ1) is 12.7. The molecule has 6 heteroatoms. The summed E-state index contributed by atoms with van der Waals surface area (Å²) in [5.74, 6) is 0.530. The molecular weight excluding hydrogens is 346 g/mol. The van der Waals surface area contributed by atoms with Crippen LogP contribution in [0.15, 0.2) is 65.8 Å². The van der Waals surface area contributed by atoms with Crippen LogP contribution in [0.25, 0.3) is 11.4 Å². The minimum absolute atomic E-state index is 0.268. The standard InChI is InChI=1S/C20H21N3O2S/c1-3-23-18(16-13-9-6-10-14-16)21-22-20(23)26-17(19(24)25-4-2)15-11-7-5-8-12-15/h5-14,17H,3-4H2,1-2H3/t17-/m0/s1. The maximum atomic E-state index is 12.5. The number of carbonyl (C=O) groups is 1. The Balaban J connectivity index is 1.94. The highest BCUT2D eigenvalue weighted by atomic mass is 32.2. The molecule has 1 atom stereocenters. The molecule has 0 fully saturated rings. The van der Waals surface area contributed by atoms with Crippen LogP contribution in [-0.4, -0.2) is 27.3 Å². The second-order valence-corrected chi connectivity index (χ2v) is 6.65. The van der Waals surface area contributed by atoms with Crippen molar-refractivity contribution in [2.45, 2.75) is 30.8 Å². The van der Waals surface area contributed by atoms with Crippen molar-refractivity contribution in [2.75, 3.05) is 6.61 Å². The van der Waals surface area contributed by atoms with Gasteiger partial charge in [0.15, 0.2) is 11.0 Å². The minimum atomic E-state index is -0.478. The average Bonchev–Trinajstić information content (AvgIpc) is 3.10. The van der Waals surface area contributed by atoms with E-state index in [4.69, 9.17) is 4.74 Å². The number of hydrogen-bond acceptors (Lipinski definition) is 5. The van der Waals surface area contributed by atoms with E-state index in [2.05, 4.69) is 10.2 Å². The van der Waals surface area contributed by atoms with E-state index in [9.17, 15) is 4.79 Å². The molecule has 0 saturated heterocycles. The third kappa shape index (κ3) is 3.96. The van der Waals surface area contributed by atoms with Gasteiger partial charge in [0, 0.05) is 12.1 Å². The van der Waals surface area contributed by atoms with Crippen molar-refractivity contribution in [2.24, 2.45) is 0 Å². The molecule has 1 heterocycles. The van der Waals surface area contributed by atoms with E-state index in [-0.39, 0.29) is 5.97 Å². The van der Waals surface area contributed by atoms with Crippen molar-refractivity contribution in [1.29, 1.82) is 0 Å². The Morgan fingerprint density at radius 1 is 1.04 bits per heavy atom. The monoisotopic (exact) mass is 367 g/mol. The van der Waals surface area contributed by atoms with Crippen molar-refractivity contribution in [3.8, 4) is 11.4 Å². The van der Waals surface area contributed by atoms with Gasteiger partial charge in [-0.1, -0.05) is 72.4 Å². The summed E-state index contributed by atoms with van der Waals surface area (Å²) in [6.07, 6.45) is 0. The Labute approximate surface area is 157 Å². The van der Waals surface area contributed by atoms with E-state index >= 15 is 0 Å². The molecule has 3 rings (SSSR count). The Kier molecular flexibility index (Phi) is 6.07. The molecule has 26 heavy (non-hydrogen) atoms. The summed E-state index contributed by atoms with van der Waals surface area (Å²) < 4.78 is 7.30. The van der Waals surface area contributed by atoms with E-state index in [1.54, 1.807) is 0 Å². The van der Waals surface area contributed by atoms with Crippen molar-refractivity contribution in [3.63, 3.8) is 0 Å². The molecule has 0 unspecified atom stereocenters. The minimum Gasteiger partial charge on any atom is -0.465 e. The fraction of sp³-hybridized carbons (Fsp3) is 0.250. The number of ether oxygens (including phenoxy) is 1. The Bertz CT molecular complexity index is 850. The normalized spacial score (nSPS) is 11.9. The van der Waals surface area contributed by atoms with Gasteiger partial charge in [-0.25, -0.2) is 0 Å². The molecule has 1 aromatic heterocycles. The smallest absolute Gasteiger partial charge is 0.324 e. The second-order valence-electron chi connectivity index (χ2n) is 5.58. The summed E-state index contributed by atoms with van der Waals surface area (Å²) in [5.41, 5.74) is 1.89. The lowest BCUT2D eigenvalue weighted by Gasteiger charge is -2.16. The Morgan fingerprint density at radius 2 is 1.69 bits per heavy atom. The SMILES string of the molecule is CCOC(=O)[C@@H](Sc1nnc(-c2ccccc2)n1CC)c1ccccc1. The van der Waals surface area contributed by atoms with E-state index in [0.717, 1.165) is 17.0 Å².